The molecule has 0 aliphatic rings. The summed E-state index contributed by atoms with van der Waals surface area (Å²) in [6.45, 7) is 1.89. The van der Waals surface area contributed by atoms with Gasteiger partial charge in [0, 0.05) is 0 Å². The zero-order valence-corrected chi connectivity index (χ0v) is 9.94. The van der Waals surface area contributed by atoms with Crippen LogP contribution in [0.1, 0.15) is 6.92 Å². The third kappa shape index (κ3) is 4.40. The molecule has 0 aliphatic carbocycles. The molecule has 0 aromatic heterocycles. The van der Waals surface area contributed by atoms with E-state index >= 15 is 0 Å². The van der Waals surface area contributed by atoms with Gasteiger partial charge in [0.1, 0.15) is 6.61 Å². The number of hydrogen-bond donors (Lipinski definition) is 1. The van der Waals surface area contributed by atoms with E-state index in [0.29, 0.717) is 0 Å². The number of halogens is 1. The lowest BCUT2D eigenvalue weighted by atomic mass is 10.3. The zero-order valence-electron chi connectivity index (χ0n) is 9.94. The van der Waals surface area contributed by atoms with Crippen LogP contribution in [0.5, 0.6) is 5.75 Å². The molecule has 0 unspecified atom stereocenters. The molecule has 0 aliphatic heterocycles. The first-order valence-electron chi connectivity index (χ1n) is 5.47. The van der Waals surface area contributed by atoms with Crippen molar-refractivity contribution in [2.45, 2.75) is 6.92 Å². The van der Waals surface area contributed by atoms with Crippen molar-refractivity contribution in [3.05, 3.63) is 30.1 Å². The fraction of sp³-hybridized carbons (Fsp3) is 0.333. The lowest BCUT2D eigenvalue weighted by Crippen LogP contribution is -2.35. The minimum absolute atomic E-state index is 0.0616. The van der Waals surface area contributed by atoms with E-state index < -0.39 is 17.7 Å². The third-order valence-corrected chi connectivity index (χ3v) is 1.94. The maximum Gasteiger partial charge on any atom is 0.396 e. The van der Waals surface area contributed by atoms with Crippen LogP contribution in [0.4, 0.5) is 4.39 Å². The van der Waals surface area contributed by atoms with Crippen molar-refractivity contribution in [2.75, 3.05) is 19.8 Å². The second-order valence-corrected chi connectivity index (χ2v) is 3.26. The number of hydrogen-bond acceptors (Lipinski definition) is 4. The second kappa shape index (κ2) is 7.26. The highest BCUT2D eigenvalue weighted by Crippen LogP contribution is 2.14. The summed E-state index contributed by atoms with van der Waals surface area (Å²) in [5.74, 6) is -2.16. The highest BCUT2D eigenvalue weighted by atomic mass is 19.1. The van der Waals surface area contributed by atoms with Crippen LogP contribution in [0.25, 0.3) is 0 Å². The Kier molecular flexibility index (Phi) is 5.63. The quantitative estimate of drug-likeness (QED) is 0.482. The molecule has 98 valence electrons. The summed E-state index contributed by atoms with van der Waals surface area (Å²) in [6.07, 6.45) is 0. The van der Waals surface area contributed by atoms with Gasteiger partial charge in [0.2, 0.25) is 0 Å². The molecule has 1 rings (SSSR count). The summed E-state index contributed by atoms with van der Waals surface area (Å²) in [7, 11) is 0. The van der Waals surface area contributed by atoms with Gasteiger partial charge in [-0.2, -0.15) is 0 Å². The molecule has 0 atom stereocenters. The van der Waals surface area contributed by atoms with Crippen LogP contribution in [-0.4, -0.2) is 31.6 Å². The number of benzene rings is 1. The van der Waals surface area contributed by atoms with Crippen LogP contribution >= 0.6 is 0 Å². The van der Waals surface area contributed by atoms with Crippen LogP contribution < -0.4 is 10.1 Å². The van der Waals surface area contributed by atoms with E-state index in [4.69, 9.17) is 4.74 Å². The zero-order chi connectivity index (χ0) is 13.4. The molecule has 0 heterocycles. The molecule has 0 bridgehead atoms. The van der Waals surface area contributed by atoms with Crippen molar-refractivity contribution in [1.82, 2.24) is 5.32 Å². The van der Waals surface area contributed by atoms with Gasteiger partial charge in [-0.05, 0) is 19.1 Å². The fourth-order valence-corrected chi connectivity index (χ4v) is 1.16. The van der Waals surface area contributed by atoms with E-state index in [1.54, 1.807) is 19.1 Å². The summed E-state index contributed by atoms with van der Waals surface area (Å²) >= 11 is 0. The molecule has 0 saturated carbocycles. The monoisotopic (exact) mass is 255 g/mol. The Morgan fingerprint density at radius 2 is 2.06 bits per heavy atom. The van der Waals surface area contributed by atoms with E-state index in [9.17, 15) is 14.0 Å². The van der Waals surface area contributed by atoms with Gasteiger partial charge in [0.15, 0.2) is 11.6 Å². The van der Waals surface area contributed by atoms with Crippen LogP contribution in [0, 0.1) is 5.82 Å². The molecule has 0 fully saturated rings. The summed E-state index contributed by atoms with van der Waals surface area (Å²) in [5.41, 5.74) is 0. The molecule has 1 aromatic carbocycles. The van der Waals surface area contributed by atoms with Crippen LogP contribution in [0.15, 0.2) is 24.3 Å². The average Bonchev–Trinajstić information content (AvgIpc) is 2.36. The van der Waals surface area contributed by atoms with Gasteiger partial charge in [0.25, 0.3) is 0 Å². The molecule has 0 radical (unpaired) electrons. The molecule has 18 heavy (non-hydrogen) atoms. The van der Waals surface area contributed by atoms with E-state index in [2.05, 4.69) is 10.1 Å². The Balaban J connectivity index is 2.25. The minimum Gasteiger partial charge on any atom is -0.489 e. The Labute approximate surface area is 104 Å². The summed E-state index contributed by atoms with van der Waals surface area (Å²) in [4.78, 5) is 22.0. The average molecular weight is 255 g/mol. The molecule has 6 heteroatoms. The first-order chi connectivity index (χ1) is 8.65. The van der Waals surface area contributed by atoms with Gasteiger partial charge >= 0.3 is 11.9 Å². The number of esters is 1. The molecule has 5 nitrogen and oxygen atoms in total. The molecule has 0 saturated heterocycles. The number of ether oxygens (including phenoxy) is 2. The van der Waals surface area contributed by atoms with Crippen molar-refractivity contribution in [3.8, 4) is 5.75 Å². The predicted octanol–water partition coefficient (Wildman–Crippen LogP) is 0.884. The molecule has 1 aromatic rings. The van der Waals surface area contributed by atoms with E-state index in [0.717, 1.165) is 0 Å². The van der Waals surface area contributed by atoms with Crippen LogP contribution in [-0.2, 0) is 14.3 Å². The largest absolute Gasteiger partial charge is 0.489 e. The van der Waals surface area contributed by atoms with E-state index in [-0.39, 0.29) is 25.5 Å². The predicted molar refractivity (Wildman–Crippen MR) is 61.5 cm³/mol. The molecule has 0 spiro atoms. The number of para-hydroxylation sites is 1. The van der Waals surface area contributed by atoms with Gasteiger partial charge in [-0.25, -0.2) is 9.18 Å². The number of amides is 1. The Morgan fingerprint density at radius 1 is 1.33 bits per heavy atom. The SMILES string of the molecule is CCOC(=O)C(=O)NCCOc1ccccc1F. The van der Waals surface area contributed by atoms with Crippen LogP contribution in [0.2, 0.25) is 0 Å². The van der Waals surface area contributed by atoms with Gasteiger partial charge < -0.3 is 14.8 Å². The topological polar surface area (TPSA) is 64.6 Å². The maximum atomic E-state index is 13.1. The molecule has 1 N–H and O–H groups in total. The number of carbonyl (C=O) groups excluding carboxylic acids is 2. The highest BCUT2D eigenvalue weighted by molar-refractivity contribution is 6.32. The van der Waals surface area contributed by atoms with Gasteiger partial charge in [0.05, 0.1) is 13.2 Å². The number of rotatable bonds is 5. The lowest BCUT2D eigenvalue weighted by molar-refractivity contribution is -0.154. The first kappa shape index (κ1) is 14.0. The summed E-state index contributed by atoms with van der Waals surface area (Å²) in [5, 5.41) is 2.30. The first-order valence-corrected chi connectivity index (χ1v) is 5.47. The normalized spacial score (nSPS) is 9.67. The molecular formula is C12H14FNO4. The van der Waals surface area contributed by atoms with E-state index in [1.165, 1.54) is 12.1 Å². The van der Waals surface area contributed by atoms with Gasteiger partial charge in [-0.1, -0.05) is 12.1 Å². The van der Waals surface area contributed by atoms with Crippen molar-refractivity contribution in [2.24, 2.45) is 0 Å². The Bertz CT molecular complexity index is 422. The third-order valence-electron chi connectivity index (χ3n) is 1.94. The number of nitrogens with one attached hydrogen (secondary N) is 1. The van der Waals surface area contributed by atoms with E-state index in [1.807, 2.05) is 0 Å². The maximum absolute atomic E-state index is 13.1. The van der Waals surface area contributed by atoms with Crippen molar-refractivity contribution in [1.29, 1.82) is 0 Å². The summed E-state index contributed by atoms with van der Waals surface area (Å²) in [6, 6.07) is 5.93. The fourth-order valence-electron chi connectivity index (χ4n) is 1.16. The van der Waals surface area contributed by atoms with Gasteiger partial charge in [-0.15, -0.1) is 0 Å². The Morgan fingerprint density at radius 3 is 2.72 bits per heavy atom. The smallest absolute Gasteiger partial charge is 0.396 e. The second-order valence-electron chi connectivity index (χ2n) is 3.26. The van der Waals surface area contributed by atoms with Crippen LogP contribution in [0.3, 0.4) is 0 Å². The van der Waals surface area contributed by atoms with Crippen molar-refractivity contribution >= 4 is 11.9 Å². The highest BCUT2D eigenvalue weighted by Gasteiger charge is 2.13. The summed E-state index contributed by atoms with van der Waals surface area (Å²) < 4.78 is 22.7. The lowest BCUT2D eigenvalue weighted by Gasteiger charge is -2.07. The Hall–Kier alpha value is -2.11. The van der Waals surface area contributed by atoms with Crippen molar-refractivity contribution < 1.29 is 23.5 Å². The van der Waals surface area contributed by atoms with Crippen molar-refractivity contribution in [3.63, 3.8) is 0 Å². The standard InChI is InChI=1S/C12H14FNO4/c1-2-17-12(16)11(15)14-7-8-18-10-6-4-3-5-9(10)13/h3-6H,2,7-8H2,1H3,(H,14,15). The number of carbonyl (C=O) groups is 2. The van der Waals surface area contributed by atoms with Gasteiger partial charge in [-0.3, -0.25) is 4.79 Å². The molecular weight excluding hydrogens is 241 g/mol. The minimum atomic E-state index is -0.941. The molecule has 1 amide bonds.